The van der Waals surface area contributed by atoms with E-state index in [2.05, 4.69) is 5.10 Å². The molecule has 76 valence electrons. The molecule has 2 rings (SSSR count). The average molecular weight is 204 g/mol. The van der Waals surface area contributed by atoms with E-state index in [9.17, 15) is 9.18 Å². The lowest BCUT2D eigenvalue weighted by atomic mass is 10.1. The number of Topliss-reactive ketones (excluding diaryl/α,β-unsaturated/α-hetero) is 1. The summed E-state index contributed by atoms with van der Waals surface area (Å²) in [4.78, 5) is 11.6. The third-order valence-electron chi connectivity index (χ3n) is 2.04. The summed E-state index contributed by atoms with van der Waals surface area (Å²) < 4.78 is 14.7. The number of carbonyl (C=O) groups is 1. The van der Waals surface area contributed by atoms with Crippen molar-refractivity contribution >= 4 is 5.78 Å². The van der Waals surface area contributed by atoms with Gasteiger partial charge in [-0.15, -0.1) is 0 Å². The van der Waals surface area contributed by atoms with Crippen LogP contribution in [0.5, 0.6) is 0 Å². The molecule has 0 aliphatic rings. The Balaban J connectivity index is 2.19. The predicted molar refractivity (Wildman–Crippen MR) is 53.0 cm³/mol. The van der Waals surface area contributed by atoms with Gasteiger partial charge in [-0.2, -0.15) is 5.10 Å². The van der Waals surface area contributed by atoms with Gasteiger partial charge >= 0.3 is 0 Å². The Bertz CT molecular complexity index is 465. The summed E-state index contributed by atoms with van der Waals surface area (Å²) in [5.74, 6) is -0.772. The largest absolute Gasteiger partial charge is 0.292 e. The summed E-state index contributed by atoms with van der Waals surface area (Å²) in [6.45, 7) is 0.0634. The molecule has 0 radical (unpaired) electrons. The quantitative estimate of drug-likeness (QED) is 0.716. The number of benzene rings is 1. The van der Waals surface area contributed by atoms with Crippen molar-refractivity contribution in [3.8, 4) is 0 Å². The molecule has 0 fully saturated rings. The maximum atomic E-state index is 13.2. The van der Waals surface area contributed by atoms with E-state index in [0.717, 1.165) is 0 Å². The number of hydrogen-bond acceptors (Lipinski definition) is 2. The molecule has 0 amide bonds. The zero-order chi connectivity index (χ0) is 10.7. The Morgan fingerprint density at radius 3 is 2.80 bits per heavy atom. The summed E-state index contributed by atoms with van der Waals surface area (Å²) in [6, 6.07) is 7.66. The van der Waals surface area contributed by atoms with Crippen LogP contribution in [0.15, 0.2) is 42.7 Å². The second-order valence-corrected chi connectivity index (χ2v) is 3.11. The lowest BCUT2D eigenvalue weighted by molar-refractivity contribution is 0.0964. The number of aromatic nitrogens is 2. The van der Waals surface area contributed by atoms with Crippen LogP contribution in [0.1, 0.15) is 10.4 Å². The number of halogens is 1. The summed E-state index contributed by atoms with van der Waals surface area (Å²) in [6.07, 6.45) is 3.24. The van der Waals surface area contributed by atoms with Gasteiger partial charge in [0, 0.05) is 12.4 Å². The Kier molecular flexibility index (Phi) is 2.58. The summed E-state index contributed by atoms with van der Waals surface area (Å²) in [5, 5.41) is 3.88. The zero-order valence-corrected chi connectivity index (χ0v) is 7.93. The average Bonchev–Trinajstić information content (AvgIpc) is 2.71. The van der Waals surface area contributed by atoms with Gasteiger partial charge in [-0.05, 0) is 18.2 Å². The van der Waals surface area contributed by atoms with Crippen LogP contribution in [0.2, 0.25) is 0 Å². The fourth-order valence-corrected chi connectivity index (χ4v) is 1.31. The maximum Gasteiger partial charge on any atom is 0.187 e. The van der Waals surface area contributed by atoms with E-state index in [4.69, 9.17) is 0 Å². The van der Waals surface area contributed by atoms with E-state index in [1.807, 2.05) is 0 Å². The Morgan fingerprint density at radius 1 is 1.33 bits per heavy atom. The molecule has 0 saturated carbocycles. The van der Waals surface area contributed by atoms with Crippen molar-refractivity contribution in [1.29, 1.82) is 0 Å². The van der Waals surface area contributed by atoms with Gasteiger partial charge in [-0.1, -0.05) is 12.1 Å². The molecular weight excluding hydrogens is 195 g/mol. The van der Waals surface area contributed by atoms with Gasteiger partial charge in [0.05, 0.1) is 5.56 Å². The van der Waals surface area contributed by atoms with Crippen molar-refractivity contribution in [3.63, 3.8) is 0 Å². The number of rotatable bonds is 3. The molecular formula is C11H9FN2O. The minimum atomic E-state index is -0.491. The van der Waals surface area contributed by atoms with Crippen molar-refractivity contribution < 1.29 is 9.18 Å². The van der Waals surface area contributed by atoms with Crippen LogP contribution in [-0.2, 0) is 6.54 Å². The highest BCUT2D eigenvalue weighted by Gasteiger charge is 2.10. The molecule has 0 N–H and O–H groups in total. The van der Waals surface area contributed by atoms with Crippen LogP contribution in [0.3, 0.4) is 0 Å². The number of hydrogen-bond donors (Lipinski definition) is 0. The van der Waals surface area contributed by atoms with Gasteiger partial charge in [-0.3, -0.25) is 9.48 Å². The highest BCUT2D eigenvalue weighted by Crippen LogP contribution is 2.07. The molecule has 2 aromatic rings. The molecule has 15 heavy (non-hydrogen) atoms. The molecule has 1 aromatic carbocycles. The van der Waals surface area contributed by atoms with Crippen LogP contribution in [0, 0.1) is 5.82 Å². The second kappa shape index (κ2) is 4.04. The van der Waals surface area contributed by atoms with Crippen LogP contribution < -0.4 is 0 Å². The summed E-state index contributed by atoms with van der Waals surface area (Å²) >= 11 is 0. The minimum absolute atomic E-state index is 0.0634. The molecule has 0 saturated heterocycles. The first-order valence-electron chi connectivity index (χ1n) is 4.52. The van der Waals surface area contributed by atoms with E-state index in [1.165, 1.54) is 16.8 Å². The smallest absolute Gasteiger partial charge is 0.187 e. The van der Waals surface area contributed by atoms with Gasteiger partial charge in [0.1, 0.15) is 12.4 Å². The van der Waals surface area contributed by atoms with Crippen molar-refractivity contribution in [2.24, 2.45) is 0 Å². The van der Waals surface area contributed by atoms with E-state index in [0.29, 0.717) is 0 Å². The van der Waals surface area contributed by atoms with Crippen molar-refractivity contribution in [2.45, 2.75) is 6.54 Å². The molecule has 1 aromatic heterocycles. The highest BCUT2D eigenvalue weighted by molar-refractivity contribution is 5.96. The summed E-state index contributed by atoms with van der Waals surface area (Å²) in [5.41, 5.74) is 0.105. The maximum absolute atomic E-state index is 13.2. The fraction of sp³-hybridized carbons (Fsp3) is 0.0909. The van der Waals surface area contributed by atoms with E-state index in [1.54, 1.807) is 30.6 Å². The van der Waals surface area contributed by atoms with Crippen LogP contribution >= 0.6 is 0 Å². The molecule has 3 nitrogen and oxygen atoms in total. The first-order valence-corrected chi connectivity index (χ1v) is 4.52. The van der Waals surface area contributed by atoms with E-state index >= 15 is 0 Å². The van der Waals surface area contributed by atoms with Gasteiger partial charge < -0.3 is 0 Å². The lowest BCUT2D eigenvalue weighted by Gasteiger charge is -2.02. The molecule has 0 aliphatic carbocycles. The normalized spacial score (nSPS) is 10.2. The Hall–Kier alpha value is -1.97. The van der Waals surface area contributed by atoms with Gasteiger partial charge in [0.2, 0.25) is 0 Å². The molecule has 0 spiro atoms. The van der Waals surface area contributed by atoms with Gasteiger partial charge in [0.25, 0.3) is 0 Å². The fourth-order valence-electron chi connectivity index (χ4n) is 1.31. The SMILES string of the molecule is O=C(Cn1cccn1)c1ccccc1F. The van der Waals surface area contributed by atoms with E-state index in [-0.39, 0.29) is 17.9 Å². The third kappa shape index (κ3) is 2.10. The van der Waals surface area contributed by atoms with E-state index < -0.39 is 5.82 Å². The van der Waals surface area contributed by atoms with Crippen LogP contribution in [0.4, 0.5) is 4.39 Å². The molecule has 0 aliphatic heterocycles. The second-order valence-electron chi connectivity index (χ2n) is 3.11. The molecule has 4 heteroatoms. The molecule has 0 unspecified atom stereocenters. The Morgan fingerprint density at radius 2 is 2.13 bits per heavy atom. The lowest BCUT2D eigenvalue weighted by Crippen LogP contribution is -2.12. The first-order chi connectivity index (χ1) is 7.27. The highest BCUT2D eigenvalue weighted by atomic mass is 19.1. The van der Waals surface area contributed by atoms with Crippen LogP contribution in [-0.4, -0.2) is 15.6 Å². The Labute approximate surface area is 86.2 Å². The van der Waals surface area contributed by atoms with Gasteiger partial charge in [-0.25, -0.2) is 4.39 Å². The number of nitrogens with zero attached hydrogens (tertiary/aromatic N) is 2. The summed E-state index contributed by atoms with van der Waals surface area (Å²) in [7, 11) is 0. The van der Waals surface area contributed by atoms with Crippen molar-refractivity contribution in [1.82, 2.24) is 9.78 Å². The molecule has 0 atom stereocenters. The molecule has 0 bridgehead atoms. The minimum Gasteiger partial charge on any atom is -0.292 e. The van der Waals surface area contributed by atoms with Gasteiger partial charge in [0.15, 0.2) is 5.78 Å². The number of carbonyl (C=O) groups excluding carboxylic acids is 1. The number of ketones is 1. The standard InChI is InChI=1S/C11H9FN2O/c12-10-5-2-1-4-9(10)11(15)8-14-7-3-6-13-14/h1-7H,8H2. The molecule has 1 heterocycles. The topological polar surface area (TPSA) is 34.9 Å². The van der Waals surface area contributed by atoms with Crippen molar-refractivity contribution in [3.05, 3.63) is 54.1 Å². The van der Waals surface area contributed by atoms with Crippen LogP contribution in [0.25, 0.3) is 0 Å². The monoisotopic (exact) mass is 204 g/mol. The first kappa shape index (κ1) is 9.58. The predicted octanol–water partition coefficient (Wildman–Crippen LogP) is 1.91. The zero-order valence-electron chi connectivity index (χ0n) is 7.93. The third-order valence-corrected chi connectivity index (χ3v) is 2.04. The van der Waals surface area contributed by atoms with Crippen molar-refractivity contribution in [2.75, 3.05) is 0 Å².